The molecule has 0 amide bonds. The highest BCUT2D eigenvalue weighted by Crippen LogP contribution is 2.32. The van der Waals surface area contributed by atoms with Crippen molar-refractivity contribution in [3.05, 3.63) is 28.6 Å². The van der Waals surface area contributed by atoms with Gasteiger partial charge in [-0.2, -0.15) is 0 Å². The molecule has 7 heteroatoms. The molecule has 76 valence electrons. The number of carbonyl (C=O) groups is 1. The van der Waals surface area contributed by atoms with Crippen LogP contribution in [-0.2, 0) is 0 Å². The standard InChI is InChI=1S/C8H4ClN3OS2/c9-7-5(3-13)14-8(12-7)15-6-1-2-10-4-11-6/h1-4H. The Morgan fingerprint density at radius 1 is 1.53 bits per heavy atom. The summed E-state index contributed by atoms with van der Waals surface area (Å²) in [5.74, 6) is 0. The van der Waals surface area contributed by atoms with E-state index in [1.165, 1.54) is 29.4 Å². The Kier molecular flexibility index (Phi) is 3.30. The molecule has 2 heterocycles. The van der Waals surface area contributed by atoms with Crippen LogP contribution in [0.5, 0.6) is 0 Å². The molecule has 2 rings (SSSR count). The van der Waals surface area contributed by atoms with E-state index >= 15 is 0 Å². The van der Waals surface area contributed by atoms with Gasteiger partial charge in [0.25, 0.3) is 0 Å². The first kappa shape index (κ1) is 10.5. The minimum Gasteiger partial charge on any atom is -0.297 e. The average molecular weight is 258 g/mol. The highest BCUT2D eigenvalue weighted by Gasteiger charge is 2.09. The topological polar surface area (TPSA) is 55.7 Å². The molecule has 15 heavy (non-hydrogen) atoms. The fraction of sp³-hybridized carbons (Fsp3) is 0. The summed E-state index contributed by atoms with van der Waals surface area (Å²) >= 11 is 8.33. The SMILES string of the molecule is O=Cc1sc(Sc2ccncn2)nc1Cl. The lowest BCUT2D eigenvalue weighted by Gasteiger charge is -1.92. The van der Waals surface area contributed by atoms with Gasteiger partial charge in [-0.05, 0) is 17.8 Å². The molecule has 0 aromatic carbocycles. The van der Waals surface area contributed by atoms with Gasteiger partial charge in [0.15, 0.2) is 15.8 Å². The normalized spacial score (nSPS) is 10.2. The number of carbonyl (C=O) groups excluding carboxylic acids is 1. The van der Waals surface area contributed by atoms with Gasteiger partial charge in [0.05, 0.1) is 0 Å². The number of nitrogens with zero attached hydrogens (tertiary/aromatic N) is 3. The maximum absolute atomic E-state index is 10.5. The largest absolute Gasteiger partial charge is 0.297 e. The van der Waals surface area contributed by atoms with E-state index in [9.17, 15) is 4.79 Å². The number of rotatable bonds is 3. The second-order valence-electron chi connectivity index (χ2n) is 2.40. The van der Waals surface area contributed by atoms with Crippen LogP contribution in [0.15, 0.2) is 28.0 Å². The Morgan fingerprint density at radius 2 is 2.40 bits per heavy atom. The van der Waals surface area contributed by atoms with Crippen LogP contribution < -0.4 is 0 Å². The van der Waals surface area contributed by atoms with Gasteiger partial charge >= 0.3 is 0 Å². The Balaban J connectivity index is 2.21. The van der Waals surface area contributed by atoms with E-state index in [1.807, 2.05) is 0 Å². The van der Waals surface area contributed by atoms with Crippen molar-refractivity contribution >= 4 is 41.0 Å². The smallest absolute Gasteiger partial charge is 0.163 e. The summed E-state index contributed by atoms with van der Waals surface area (Å²) in [6.07, 6.45) is 3.80. The van der Waals surface area contributed by atoms with Crippen molar-refractivity contribution in [3.63, 3.8) is 0 Å². The van der Waals surface area contributed by atoms with Crippen LogP contribution in [0.4, 0.5) is 0 Å². The van der Waals surface area contributed by atoms with Crippen molar-refractivity contribution in [2.24, 2.45) is 0 Å². The van der Waals surface area contributed by atoms with Crippen molar-refractivity contribution in [3.8, 4) is 0 Å². The zero-order valence-corrected chi connectivity index (χ0v) is 9.64. The van der Waals surface area contributed by atoms with Crippen LogP contribution in [0, 0.1) is 0 Å². The summed E-state index contributed by atoms with van der Waals surface area (Å²) in [5.41, 5.74) is 0. The summed E-state index contributed by atoms with van der Waals surface area (Å²) in [7, 11) is 0. The molecule has 2 aromatic rings. The molecule has 0 atom stereocenters. The summed E-state index contributed by atoms with van der Waals surface area (Å²) in [5, 5.41) is 1.01. The fourth-order valence-corrected chi connectivity index (χ4v) is 2.92. The van der Waals surface area contributed by atoms with Gasteiger partial charge in [0.1, 0.15) is 16.2 Å². The molecule has 2 aromatic heterocycles. The number of hydrogen-bond donors (Lipinski definition) is 0. The first-order valence-corrected chi connectivity index (χ1v) is 5.86. The molecule has 4 nitrogen and oxygen atoms in total. The predicted octanol–water partition coefficient (Wildman–Crippen LogP) is 2.55. The van der Waals surface area contributed by atoms with E-state index in [-0.39, 0.29) is 5.15 Å². The van der Waals surface area contributed by atoms with E-state index < -0.39 is 0 Å². The molecule has 0 N–H and O–H groups in total. The molecule has 0 unspecified atom stereocenters. The van der Waals surface area contributed by atoms with Gasteiger partial charge in [0.2, 0.25) is 0 Å². The highest BCUT2D eigenvalue weighted by atomic mass is 35.5. The summed E-state index contributed by atoms with van der Waals surface area (Å²) in [6.45, 7) is 0. The Labute approximate surface area is 98.7 Å². The second-order valence-corrected chi connectivity index (χ2v) is 5.06. The summed E-state index contributed by atoms with van der Waals surface area (Å²) in [4.78, 5) is 22.8. The van der Waals surface area contributed by atoms with E-state index in [0.29, 0.717) is 15.5 Å². The molecule has 0 bridgehead atoms. The van der Waals surface area contributed by atoms with Crippen LogP contribution in [0.3, 0.4) is 0 Å². The van der Waals surface area contributed by atoms with Crippen molar-refractivity contribution < 1.29 is 4.79 Å². The Bertz CT molecular complexity index is 474. The van der Waals surface area contributed by atoms with Crippen molar-refractivity contribution in [2.45, 2.75) is 9.37 Å². The lowest BCUT2D eigenvalue weighted by Crippen LogP contribution is -1.79. The van der Waals surface area contributed by atoms with E-state index in [2.05, 4.69) is 15.0 Å². The second kappa shape index (κ2) is 4.69. The minimum atomic E-state index is 0.242. The van der Waals surface area contributed by atoms with E-state index in [4.69, 9.17) is 11.6 Å². The molecule has 0 fully saturated rings. The third-order valence-electron chi connectivity index (χ3n) is 1.44. The van der Waals surface area contributed by atoms with Crippen LogP contribution in [-0.4, -0.2) is 21.2 Å². The van der Waals surface area contributed by atoms with Gasteiger partial charge in [0, 0.05) is 6.20 Å². The zero-order valence-electron chi connectivity index (χ0n) is 7.25. The lowest BCUT2D eigenvalue weighted by atomic mass is 10.6. The number of thiazole rings is 1. The van der Waals surface area contributed by atoms with Crippen molar-refractivity contribution in [1.82, 2.24) is 15.0 Å². The predicted molar refractivity (Wildman–Crippen MR) is 58.7 cm³/mol. The van der Waals surface area contributed by atoms with Crippen LogP contribution in [0.1, 0.15) is 9.67 Å². The lowest BCUT2D eigenvalue weighted by molar-refractivity contribution is 0.112. The monoisotopic (exact) mass is 257 g/mol. The van der Waals surface area contributed by atoms with Gasteiger partial charge in [-0.3, -0.25) is 4.79 Å². The zero-order chi connectivity index (χ0) is 10.7. The van der Waals surface area contributed by atoms with Crippen molar-refractivity contribution in [2.75, 3.05) is 0 Å². The molecular weight excluding hydrogens is 254 g/mol. The highest BCUT2D eigenvalue weighted by molar-refractivity contribution is 8.01. The quantitative estimate of drug-likeness (QED) is 0.625. The van der Waals surface area contributed by atoms with Gasteiger partial charge in [-0.15, -0.1) is 11.3 Å². The number of halogens is 1. The minimum absolute atomic E-state index is 0.242. The summed E-state index contributed by atoms with van der Waals surface area (Å²) < 4.78 is 0.695. The average Bonchev–Trinajstić information content (AvgIpc) is 2.60. The van der Waals surface area contributed by atoms with E-state index in [1.54, 1.807) is 12.3 Å². The van der Waals surface area contributed by atoms with Gasteiger partial charge in [-0.25, -0.2) is 15.0 Å². The summed E-state index contributed by atoms with van der Waals surface area (Å²) in [6, 6.07) is 1.76. The van der Waals surface area contributed by atoms with Crippen LogP contribution in [0.2, 0.25) is 5.15 Å². The third kappa shape index (κ3) is 2.53. The Hall–Kier alpha value is -0.980. The van der Waals surface area contributed by atoms with E-state index in [0.717, 1.165) is 5.03 Å². The Morgan fingerprint density at radius 3 is 3.00 bits per heavy atom. The van der Waals surface area contributed by atoms with Gasteiger partial charge in [-0.1, -0.05) is 11.6 Å². The van der Waals surface area contributed by atoms with Crippen molar-refractivity contribution in [1.29, 1.82) is 0 Å². The fourth-order valence-electron chi connectivity index (χ4n) is 0.839. The third-order valence-corrected chi connectivity index (χ3v) is 3.84. The molecule has 0 aliphatic carbocycles. The molecule has 0 radical (unpaired) electrons. The molecule has 0 saturated carbocycles. The van der Waals surface area contributed by atoms with Crippen LogP contribution in [0.25, 0.3) is 0 Å². The van der Waals surface area contributed by atoms with Gasteiger partial charge < -0.3 is 0 Å². The molecule has 0 spiro atoms. The number of aldehydes is 1. The maximum atomic E-state index is 10.5. The molecule has 0 aliphatic rings. The molecule has 0 aliphatic heterocycles. The first-order valence-electron chi connectivity index (χ1n) is 3.85. The first-order chi connectivity index (χ1) is 7.29. The maximum Gasteiger partial charge on any atom is 0.163 e. The number of aromatic nitrogens is 3. The molecule has 0 saturated heterocycles. The van der Waals surface area contributed by atoms with Crippen LogP contribution >= 0.6 is 34.7 Å². The molecular formula is C8H4ClN3OS2. The number of hydrogen-bond acceptors (Lipinski definition) is 6.